The molecule has 1 atom stereocenters. The van der Waals surface area contributed by atoms with Gasteiger partial charge in [-0.3, -0.25) is 24.5 Å². The predicted octanol–water partition coefficient (Wildman–Crippen LogP) is 1.86. The van der Waals surface area contributed by atoms with Crippen LogP contribution in [0.2, 0.25) is 0 Å². The topological polar surface area (TPSA) is 124 Å². The fourth-order valence-corrected chi connectivity index (χ4v) is 4.83. The van der Waals surface area contributed by atoms with Crippen molar-refractivity contribution in [2.24, 2.45) is 5.73 Å². The monoisotopic (exact) mass is 517 g/mol. The SMILES string of the molecule is NC(=O)c1c(CC(O)N2CCOCC2)c2ncc(Cc3ccc(F)cc3)cc2n(Cc2ccncc2)c1=O. The molecule has 1 fully saturated rings. The lowest BCUT2D eigenvalue weighted by Gasteiger charge is -2.31. The standard InChI is InChI=1S/C28H28FN5O4/c29-21-3-1-18(2-4-21)13-20-14-23-26(32-16-20)22(15-24(35)33-9-11-38-12-10-33)25(27(30)36)28(37)34(23)17-19-5-7-31-8-6-19/h1-8,14,16,24,35H,9-13,15,17H2,(H2,30,36). The van der Waals surface area contributed by atoms with Crippen molar-refractivity contribution in [1.29, 1.82) is 0 Å². The average Bonchev–Trinajstić information content (AvgIpc) is 2.93. The molecule has 4 heterocycles. The highest BCUT2D eigenvalue weighted by Crippen LogP contribution is 2.24. The maximum absolute atomic E-state index is 13.8. The van der Waals surface area contributed by atoms with Crippen molar-refractivity contribution in [3.8, 4) is 0 Å². The summed E-state index contributed by atoms with van der Waals surface area (Å²) < 4.78 is 20.3. The zero-order chi connectivity index (χ0) is 26.6. The molecular weight excluding hydrogens is 489 g/mol. The molecule has 10 heteroatoms. The second-order valence-electron chi connectivity index (χ2n) is 9.31. The van der Waals surface area contributed by atoms with E-state index in [0.717, 1.165) is 16.7 Å². The third-order valence-electron chi connectivity index (χ3n) is 6.77. The summed E-state index contributed by atoms with van der Waals surface area (Å²) in [5.74, 6) is -1.19. The Labute approximate surface area is 218 Å². The Morgan fingerprint density at radius 1 is 1.08 bits per heavy atom. The number of primary amides is 1. The van der Waals surface area contributed by atoms with Gasteiger partial charge in [-0.1, -0.05) is 12.1 Å². The van der Waals surface area contributed by atoms with E-state index in [0.29, 0.717) is 49.3 Å². The Hall–Kier alpha value is -3.99. The van der Waals surface area contributed by atoms with Gasteiger partial charge < -0.3 is 20.1 Å². The van der Waals surface area contributed by atoms with Crippen LogP contribution in [0.4, 0.5) is 4.39 Å². The molecule has 1 aromatic carbocycles. The third-order valence-corrected chi connectivity index (χ3v) is 6.77. The predicted molar refractivity (Wildman–Crippen MR) is 139 cm³/mol. The molecule has 0 spiro atoms. The minimum Gasteiger partial charge on any atom is -0.379 e. The van der Waals surface area contributed by atoms with Gasteiger partial charge in [0.15, 0.2) is 0 Å². The van der Waals surface area contributed by atoms with E-state index < -0.39 is 17.7 Å². The van der Waals surface area contributed by atoms with Gasteiger partial charge in [-0.15, -0.1) is 0 Å². The first kappa shape index (κ1) is 25.7. The number of carbonyl (C=O) groups excluding carboxylic acids is 1. The number of benzene rings is 1. The van der Waals surface area contributed by atoms with E-state index in [1.54, 1.807) is 42.9 Å². The van der Waals surface area contributed by atoms with Crippen LogP contribution in [0.3, 0.4) is 0 Å². The quantitative estimate of drug-likeness (QED) is 0.366. The molecule has 0 bridgehead atoms. The first-order valence-electron chi connectivity index (χ1n) is 12.4. The number of halogens is 1. The Morgan fingerprint density at radius 2 is 1.79 bits per heavy atom. The van der Waals surface area contributed by atoms with Gasteiger partial charge in [0.2, 0.25) is 0 Å². The van der Waals surface area contributed by atoms with E-state index in [2.05, 4.69) is 9.97 Å². The molecule has 0 saturated carbocycles. The molecule has 3 N–H and O–H groups in total. The van der Waals surface area contributed by atoms with E-state index in [1.165, 1.54) is 16.7 Å². The number of hydrogen-bond donors (Lipinski definition) is 2. The number of aliphatic hydroxyl groups is 1. The minimum absolute atomic E-state index is 0.00438. The van der Waals surface area contributed by atoms with E-state index in [9.17, 15) is 19.1 Å². The van der Waals surface area contributed by atoms with Crippen LogP contribution in [-0.4, -0.2) is 63.0 Å². The van der Waals surface area contributed by atoms with Crippen molar-refractivity contribution in [3.05, 3.63) is 105 Å². The molecule has 1 saturated heterocycles. The van der Waals surface area contributed by atoms with Gasteiger partial charge in [-0.25, -0.2) is 4.39 Å². The zero-order valence-corrected chi connectivity index (χ0v) is 20.7. The zero-order valence-electron chi connectivity index (χ0n) is 20.7. The summed E-state index contributed by atoms with van der Waals surface area (Å²) in [5, 5.41) is 11.0. The number of fused-ring (bicyclic) bond motifs is 1. The fraction of sp³-hybridized carbons (Fsp3) is 0.286. The summed E-state index contributed by atoms with van der Waals surface area (Å²) >= 11 is 0. The van der Waals surface area contributed by atoms with Gasteiger partial charge in [-0.05, 0) is 53.4 Å². The molecule has 1 amide bonds. The summed E-state index contributed by atoms with van der Waals surface area (Å²) in [5.41, 5.74) is 8.74. The minimum atomic E-state index is -0.948. The molecule has 1 aliphatic rings. The molecule has 0 aliphatic carbocycles. The number of ether oxygens (including phenoxy) is 1. The normalized spacial score (nSPS) is 15.0. The maximum atomic E-state index is 13.8. The smallest absolute Gasteiger partial charge is 0.264 e. The lowest BCUT2D eigenvalue weighted by molar-refractivity contribution is -0.0574. The number of aliphatic hydroxyl groups excluding tert-OH is 1. The summed E-state index contributed by atoms with van der Waals surface area (Å²) in [6, 6.07) is 11.6. The number of amides is 1. The van der Waals surface area contributed by atoms with Gasteiger partial charge >= 0.3 is 0 Å². The maximum Gasteiger partial charge on any atom is 0.264 e. The van der Waals surface area contributed by atoms with Crippen molar-refractivity contribution in [1.82, 2.24) is 19.4 Å². The van der Waals surface area contributed by atoms with Gasteiger partial charge in [0.25, 0.3) is 11.5 Å². The summed E-state index contributed by atoms with van der Waals surface area (Å²) in [6.07, 6.45) is 4.45. The molecule has 4 aromatic rings. The summed E-state index contributed by atoms with van der Waals surface area (Å²) in [4.78, 5) is 36.9. The van der Waals surface area contributed by atoms with E-state index in [-0.39, 0.29) is 24.3 Å². The number of nitrogens with zero attached hydrogens (tertiary/aromatic N) is 4. The molecular formula is C28H28FN5O4. The summed E-state index contributed by atoms with van der Waals surface area (Å²) in [7, 11) is 0. The number of rotatable bonds is 8. The lowest BCUT2D eigenvalue weighted by Crippen LogP contribution is -2.45. The molecule has 1 unspecified atom stereocenters. The van der Waals surface area contributed by atoms with Crippen LogP contribution in [0.5, 0.6) is 0 Å². The average molecular weight is 518 g/mol. The van der Waals surface area contributed by atoms with Gasteiger partial charge in [0, 0.05) is 43.7 Å². The Kier molecular flexibility index (Phi) is 7.54. The molecule has 196 valence electrons. The Balaban J connectivity index is 1.65. The van der Waals surface area contributed by atoms with Crippen LogP contribution < -0.4 is 11.3 Å². The van der Waals surface area contributed by atoms with Crippen molar-refractivity contribution in [2.75, 3.05) is 26.3 Å². The fourth-order valence-electron chi connectivity index (χ4n) is 4.83. The van der Waals surface area contributed by atoms with Crippen molar-refractivity contribution >= 4 is 16.9 Å². The van der Waals surface area contributed by atoms with Gasteiger partial charge in [0.1, 0.15) is 17.6 Å². The number of carbonyl (C=O) groups is 1. The number of aromatic nitrogens is 3. The van der Waals surface area contributed by atoms with Crippen molar-refractivity contribution in [2.45, 2.75) is 25.6 Å². The Morgan fingerprint density at radius 3 is 2.47 bits per heavy atom. The lowest BCUT2D eigenvalue weighted by atomic mass is 9.99. The van der Waals surface area contributed by atoms with Crippen LogP contribution in [0.1, 0.15) is 32.6 Å². The highest BCUT2D eigenvalue weighted by atomic mass is 19.1. The van der Waals surface area contributed by atoms with E-state index in [4.69, 9.17) is 10.5 Å². The van der Waals surface area contributed by atoms with Crippen LogP contribution in [0.15, 0.2) is 65.8 Å². The summed E-state index contributed by atoms with van der Waals surface area (Å²) in [6.45, 7) is 2.20. The van der Waals surface area contributed by atoms with Crippen LogP contribution in [0.25, 0.3) is 11.0 Å². The molecule has 1 aliphatic heterocycles. The molecule has 9 nitrogen and oxygen atoms in total. The van der Waals surface area contributed by atoms with Crippen molar-refractivity contribution < 1.29 is 19.0 Å². The number of morpholine rings is 1. The van der Waals surface area contributed by atoms with E-state index >= 15 is 0 Å². The molecule has 38 heavy (non-hydrogen) atoms. The van der Waals surface area contributed by atoms with Gasteiger partial charge in [-0.2, -0.15) is 0 Å². The largest absolute Gasteiger partial charge is 0.379 e. The molecule has 0 radical (unpaired) electrons. The molecule has 5 rings (SSSR count). The van der Waals surface area contributed by atoms with Crippen molar-refractivity contribution in [3.63, 3.8) is 0 Å². The number of pyridine rings is 3. The number of nitrogens with two attached hydrogens (primary N) is 1. The Bertz CT molecular complexity index is 1500. The van der Waals surface area contributed by atoms with Crippen LogP contribution >= 0.6 is 0 Å². The number of hydrogen-bond acceptors (Lipinski definition) is 7. The van der Waals surface area contributed by atoms with E-state index in [1.807, 2.05) is 11.0 Å². The second-order valence-corrected chi connectivity index (χ2v) is 9.31. The highest BCUT2D eigenvalue weighted by Gasteiger charge is 2.27. The first-order valence-corrected chi connectivity index (χ1v) is 12.4. The highest BCUT2D eigenvalue weighted by molar-refractivity contribution is 5.98. The molecule has 3 aromatic heterocycles. The van der Waals surface area contributed by atoms with Crippen LogP contribution in [-0.2, 0) is 24.1 Å². The first-order chi connectivity index (χ1) is 18.4. The van der Waals surface area contributed by atoms with Crippen LogP contribution in [0, 0.1) is 5.82 Å². The second kappa shape index (κ2) is 11.2. The third kappa shape index (κ3) is 5.47. The van der Waals surface area contributed by atoms with Gasteiger partial charge in [0.05, 0.1) is 30.8 Å².